The maximum atomic E-state index is 5.44. The van der Waals surface area contributed by atoms with Gasteiger partial charge in [0.05, 0.1) is 6.20 Å². The van der Waals surface area contributed by atoms with Gasteiger partial charge in [-0.05, 0) is 23.3 Å². The lowest BCUT2D eigenvalue weighted by Gasteiger charge is -2.08. The summed E-state index contributed by atoms with van der Waals surface area (Å²) in [5, 5.41) is 1.10. The summed E-state index contributed by atoms with van der Waals surface area (Å²) >= 11 is 0. The van der Waals surface area contributed by atoms with Crippen LogP contribution >= 0.6 is 0 Å². The van der Waals surface area contributed by atoms with Gasteiger partial charge in [0.15, 0.2) is 12.2 Å². The molecule has 4 aromatic rings. The Morgan fingerprint density at radius 2 is 1.85 bits per heavy atom. The molecule has 0 radical (unpaired) electrons. The van der Waals surface area contributed by atoms with E-state index < -0.39 is 0 Å². The van der Waals surface area contributed by atoms with Crippen molar-refractivity contribution in [3.8, 4) is 22.5 Å². The van der Waals surface area contributed by atoms with Crippen molar-refractivity contribution in [2.24, 2.45) is 0 Å². The summed E-state index contributed by atoms with van der Waals surface area (Å²) in [5.41, 5.74) is 4.15. The van der Waals surface area contributed by atoms with Crippen LogP contribution in [0, 0.1) is 0 Å². The van der Waals surface area contributed by atoms with Gasteiger partial charge in [-0.3, -0.25) is 0 Å². The van der Waals surface area contributed by atoms with Crippen LogP contribution in [0.3, 0.4) is 0 Å². The molecular formula is C16H11N3O. The van der Waals surface area contributed by atoms with Gasteiger partial charge in [0.2, 0.25) is 0 Å². The van der Waals surface area contributed by atoms with E-state index in [-0.39, 0.29) is 0 Å². The first kappa shape index (κ1) is 11.0. The fourth-order valence-electron chi connectivity index (χ4n) is 2.48. The van der Waals surface area contributed by atoms with Crippen LogP contribution in [-0.2, 0) is 0 Å². The number of hydrogen-bond acceptors (Lipinski definition) is 3. The molecule has 4 nitrogen and oxygen atoms in total. The monoisotopic (exact) mass is 261 g/mol. The molecular weight excluding hydrogens is 250 g/mol. The van der Waals surface area contributed by atoms with Gasteiger partial charge in [-0.15, -0.1) is 0 Å². The molecule has 3 aromatic heterocycles. The number of aromatic nitrogens is 3. The van der Waals surface area contributed by atoms with Gasteiger partial charge in [-0.2, -0.15) is 0 Å². The Morgan fingerprint density at radius 1 is 0.950 bits per heavy atom. The summed E-state index contributed by atoms with van der Waals surface area (Å²) in [6.45, 7) is 0. The first-order chi connectivity index (χ1) is 9.93. The molecule has 20 heavy (non-hydrogen) atoms. The van der Waals surface area contributed by atoms with Gasteiger partial charge in [-0.1, -0.05) is 24.3 Å². The lowest BCUT2D eigenvalue weighted by Crippen LogP contribution is -1.86. The van der Waals surface area contributed by atoms with E-state index in [1.54, 1.807) is 6.20 Å². The molecule has 0 unspecified atom stereocenters. The van der Waals surface area contributed by atoms with Crippen molar-refractivity contribution in [3.05, 3.63) is 61.4 Å². The fraction of sp³-hybridized carbons (Fsp3) is 0. The van der Waals surface area contributed by atoms with Crippen molar-refractivity contribution in [2.45, 2.75) is 0 Å². The van der Waals surface area contributed by atoms with E-state index in [0.717, 1.165) is 33.5 Å². The summed E-state index contributed by atoms with van der Waals surface area (Å²) in [6.07, 6.45) is 6.89. The average molecular weight is 261 g/mol. The number of hydrogen-bond donors (Lipinski definition) is 1. The molecule has 1 aromatic carbocycles. The summed E-state index contributed by atoms with van der Waals surface area (Å²) in [5.74, 6) is 0.765. The van der Waals surface area contributed by atoms with Crippen LogP contribution in [0.15, 0.2) is 65.8 Å². The molecule has 0 bridgehead atoms. The fourth-order valence-corrected chi connectivity index (χ4v) is 2.48. The van der Waals surface area contributed by atoms with Crippen LogP contribution in [0.1, 0.15) is 0 Å². The highest BCUT2D eigenvalue weighted by molar-refractivity contribution is 5.97. The zero-order chi connectivity index (χ0) is 13.4. The molecule has 96 valence electrons. The molecule has 0 amide bonds. The minimum atomic E-state index is 0.765. The number of rotatable bonds is 2. The maximum Gasteiger partial charge on any atom is 0.181 e. The Hall–Kier alpha value is -2.88. The van der Waals surface area contributed by atoms with Crippen LogP contribution < -0.4 is 0 Å². The molecule has 0 aliphatic heterocycles. The zero-order valence-electron chi connectivity index (χ0n) is 10.6. The molecule has 4 heteroatoms. The highest BCUT2D eigenvalue weighted by atomic mass is 16.3. The average Bonchev–Trinajstić information content (AvgIpc) is 3.18. The van der Waals surface area contributed by atoms with Crippen LogP contribution in [0.2, 0.25) is 0 Å². The van der Waals surface area contributed by atoms with Gasteiger partial charge in [0.1, 0.15) is 5.65 Å². The minimum absolute atomic E-state index is 0.765. The molecule has 0 saturated heterocycles. The van der Waals surface area contributed by atoms with Crippen LogP contribution in [-0.4, -0.2) is 15.0 Å². The van der Waals surface area contributed by atoms with Crippen molar-refractivity contribution >= 4 is 11.0 Å². The van der Waals surface area contributed by atoms with E-state index in [1.165, 1.54) is 6.39 Å². The highest BCUT2D eigenvalue weighted by Gasteiger charge is 2.12. The van der Waals surface area contributed by atoms with Crippen LogP contribution in [0.4, 0.5) is 0 Å². The Morgan fingerprint density at radius 3 is 2.70 bits per heavy atom. The van der Waals surface area contributed by atoms with E-state index in [1.807, 2.05) is 42.7 Å². The summed E-state index contributed by atoms with van der Waals surface area (Å²) in [7, 11) is 0. The summed E-state index contributed by atoms with van der Waals surface area (Å²) in [4.78, 5) is 11.5. The van der Waals surface area contributed by atoms with Crippen molar-refractivity contribution in [1.82, 2.24) is 15.0 Å². The first-order valence-corrected chi connectivity index (χ1v) is 6.34. The molecule has 0 aliphatic rings. The number of oxazole rings is 1. The van der Waals surface area contributed by atoms with Crippen molar-refractivity contribution in [3.63, 3.8) is 0 Å². The van der Waals surface area contributed by atoms with E-state index >= 15 is 0 Å². The summed E-state index contributed by atoms with van der Waals surface area (Å²) < 4.78 is 5.44. The number of H-pyrrole nitrogens is 1. The molecule has 1 N–H and O–H groups in total. The van der Waals surface area contributed by atoms with Gasteiger partial charge in [0, 0.05) is 23.3 Å². The number of nitrogens with zero attached hydrogens (tertiary/aromatic N) is 2. The second kappa shape index (κ2) is 4.35. The summed E-state index contributed by atoms with van der Waals surface area (Å²) in [6, 6.07) is 12.2. The van der Waals surface area contributed by atoms with Crippen molar-refractivity contribution in [2.75, 3.05) is 0 Å². The minimum Gasteiger partial charge on any atom is -0.443 e. The second-order valence-corrected chi connectivity index (χ2v) is 4.51. The van der Waals surface area contributed by atoms with Crippen LogP contribution in [0.5, 0.6) is 0 Å². The third-order valence-electron chi connectivity index (χ3n) is 3.38. The van der Waals surface area contributed by atoms with E-state index in [4.69, 9.17) is 4.42 Å². The largest absolute Gasteiger partial charge is 0.443 e. The standard InChI is InChI=1S/C16H11N3O/c1-2-4-13(15-9-17-10-20-15)11(3-1)12-5-7-18-16-14(12)6-8-19-16/h1-10H,(H,18,19). The number of benzene rings is 1. The van der Waals surface area contributed by atoms with Crippen molar-refractivity contribution < 1.29 is 4.42 Å². The lowest BCUT2D eigenvalue weighted by molar-refractivity contribution is 0.572. The highest BCUT2D eigenvalue weighted by Crippen LogP contribution is 2.34. The van der Waals surface area contributed by atoms with E-state index in [2.05, 4.69) is 21.0 Å². The normalized spacial score (nSPS) is 11.0. The smallest absolute Gasteiger partial charge is 0.181 e. The van der Waals surface area contributed by atoms with Gasteiger partial charge >= 0.3 is 0 Å². The number of nitrogens with one attached hydrogen (secondary N) is 1. The third-order valence-corrected chi connectivity index (χ3v) is 3.38. The quantitative estimate of drug-likeness (QED) is 0.595. The maximum absolute atomic E-state index is 5.44. The number of aromatic amines is 1. The van der Waals surface area contributed by atoms with Gasteiger partial charge in [-0.25, -0.2) is 9.97 Å². The number of pyridine rings is 1. The third kappa shape index (κ3) is 1.62. The molecule has 0 atom stereocenters. The zero-order valence-corrected chi connectivity index (χ0v) is 10.6. The van der Waals surface area contributed by atoms with E-state index in [9.17, 15) is 0 Å². The van der Waals surface area contributed by atoms with E-state index in [0.29, 0.717) is 0 Å². The SMILES string of the molecule is c1ccc(-c2ccnc3[nH]ccc23)c(-c2cnco2)c1. The predicted octanol–water partition coefficient (Wildman–Crippen LogP) is 3.88. The Labute approximate surface area is 115 Å². The second-order valence-electron chi connectivity index (χ2n) is 4.51. The number of fused-ring (bicyclic) bond motifs is 1. The Balaban J connectivity index is 2.02. The Kier molecular flexibility index (Phi) is 2.39. The molecule has 4 rings (SSSR count). The Bertz CT molecular complexity index is 862. The topological polar surface area (TPSA) is 54.7 Å². The van der Waals surface area contributed by atoms with Crippen molar-refractivity contribution in [1.29, 1.82) is 0 Å². The van der Waals surface area contributed by atoms with Gasteiger partial charge < -0.3 is 9.40 Å². The van der Waals surface area contributed by atoms with Crippen LogP contribution in [0.25, 0.3) is 33.5 Å². The molecule has 0 spiro atoms. The molecule has 0 aliphatic carbocycles. The molecule has 0 saturated carbocycles. The first-order valence-electron chi connectivity index (χ1n) is 6.34. The van der Waals surface area contributed by atoms with Gasteiger partial charge in [0.25, 0.3) is 0 Å². The molecule has 0 fully saturated rings. The predicted molar refractivity (Wildman–Crippen MR) is 77.0 cm³/mol. The lowest BCUT2D eigenvalue weighted by atomic mass is 9.97. The molecule has 3 heterocycles.